The highest BCUT2D eigenvalue weighted by atomic mass is 32.1. The minimum Gasteiger partial charge on any atom is -0.282 e. The van der Waals surface area contributed by atoms with E-state index < -0.39 is 0 Å². The molecule has 108 valence electrons. The number of para-hydroxylation sites is 1. The number of nitrogens with zero attached hydrogens (tertiary/aromatic N) is 2. The first-order chi connectivity index (χ1) is 9.86. The molecule has 3 rings (SSSR count). The Morgan fingerprint density at radius 3 is 2.48 bits per heavy atom. The molecule has 0 amide bonds. The number of aromatic amines is 2. The molecule has 4 nitrogen and oxygen atoms in total. The van der Waals surface area contributed by atoms with Crippen LogP contribution in [-0.2, 0) is 5.41 Å². The second-order valence-corrected chi connectivity index (χ2v) is 6.68. The van der Waals surface area contributed by atoms with Crippen molar-refractivity contribution >= 4 is 23.1 Å². The average molecular weight is 298 g/mol. The third-order valence-electron chi connectivity index (χ3n) is 3.57. The van der Waals surface area contributed by atoms with Crippen LogP contribution >= 0.6 is 12.2 Å². The monoisotopic (exact) mass is 298 g/mol. The van der Waals surface area contributed by atoms with Crippen LogP contribution in [0.1, 0.15) is 32.0 Å². The van der Waals surface area contributed by atoms with Gasteiger partial charge in [0.05, 0.1) is 5.52 Å². The van der Waals surface area contributed by atoms with E-state index in [2.05, 4.69) is 61.1 Å². The van der Waals surface area contributed by atoms with Crippen molar-refractivity contribution in [3.8, 4) is 11.4 Å². The largest absolute Gasteiger partial charge is 0.282 e. The lowest BCUT2D eigenvalue weighted by molar-refractivity contribution is 0.571. The maximum atomic E-state index is 5.07. The first-order valence-electron chi connectivity index (χ1n) is 6.92. The quantitative estimate of drug-likeness (QED) is 0.659. The van der Waals surface area contributed by atoms with Gasteiger partial charge in [-0.3, -0.25) is 15.2 Å². The predicted octanol–water partition coefficient (Wildman–Crippen LogP) is 4.29. The molecule has 2 N–H and O–H groups in total. The molecule has 3 aromatic rings. The van der Waals surface area contributed by atoms with E-state index in [0.717, 1.165) is 33.5 Å². The number of benzene rings is 1. The van der Waals surface area contributed by atoms with Gasteiger partial charge in [0, 0.05) is 22.1 Å². The molecular formula is C16H18N4S. The highest BCUT2D eigenvalue weighted by Gasteiger charge is 2.19. The number of rotatable bonds is 1. The summed E-state index contributed by atoms with van der Waals surface area (Å²) in [6, 6.07) is 8.30. The standard InChI is InChI=1S/C16H18N4S/c1-9-6-5-7-10-11(14-18-15(21)20-19-14)8-12(16(2,3)4)17-13(9)10/h5-8H,1-4H3,(H2,18,19,20,21). The first kappa shape index (κ1) is 13.9. The van der Waals surface area contributed by atoms with Gasteiger partial charge < -0.3 is 0 Å². The summed E-state index contributed by atoms with van der Waals surface area (Å²) >= 11 is 5.07. The van der Waals surface area contributed by atoms with Crippen LogP contribution in [0, 0.1) is 11.7 Å². The number of fused-ring (bicyclic) bond motifs is 1. The molecule has 2 aromatic heterocycles. The van der Waals surface area contributed by atoms with Crippen LogP contribution in [0.4, 0.5) is 0 Å². The summed E-state index contributed by atoms with van der Waals surface area (Å²) in [7, 11) is 0. The van der Waals surface area contributed by atoms with Crippen molar-refractivity contribution in [1.82, 2.24) is 20.2 Å². The molecule has 0 atom stereocenters. The van der Waals surface area contributed by atoms with Gasteiger partial charge in [0.15, 0.2) is 5.82 Å². The summed E-state index contributed by atoms with van der Waals surface area (Å²) in [5.41, 5.74) is 4.22. The molecule has 0 saturated carbocycles. The van der Waals surface area contributed by atoms with Crippen molar-refractivity contribution in [2.24, 2.45) is 0 Å². The zero-order valence-corrected chi connectivity index (χ0v) is 13.4. The van der Waals surface area contributed by atoms with E-state index in [4.69, 9.17) is 17.2 Å². The molecule has 0 spiro atoms. The summed E-state index contributed by atoms with van der Waals surface area (Å²) in [6.45, 7) is 8.57. The number of aromatic nitrogens is 4. The lowest BCUT2D eigenvalue weighted by Crippen LogP contribution is -2.14. The summed E-state index contributed by atoms with van der Waals surface area (Å²) < 4.78 is 0.458. The second-order valence-electron chi connectivity index (χ2n) is 6.29. The van der Waals surface area contributed by atoms with Gasteiger partial charge >= 0.3 is 0 Å². The molecule has 1 aromatic carbocycles. The number of nitrogens with one attached hydrogen (secondary N) is 2. The maximum absolute atomic E-state index is 5.07. The van der Waals surface area contributed by atoms with Crippen molar-refractivity contribution < 1.29 is 0 Å². The Morgan fingerprint density at radius 2 is 1.86 bits per heavy atom. The van der Waals surface area contributed by atoms with Crippen LogP contribution in [0.5, 0.6) is 0 Å². The van der Waals surface area contributed by atoms with E-state index in [1.54, 1.807) is 0 Å². The summed E-state index contributed by atoms with van der Waals surface area (Å²) in [4.78, 5) is 9.22. The van der Waals surface area contributed by atoms with E-state index >= 15 is 0 Å². The smallest absolute Gasteiger partial charge is 0.213 e. The van der Waals surface area contributed by atoms with Crippen LogP contribution in [0.25, 0.3) is 22.3 Å². The predicted molar refractivity (Wildman–Crippen MR) is 87.9 cm³/mol. The third-order valence-corrected chi connectivity index (χ3v) is 3.76. The normalized spacial score (nSPS) is 12.0. The highest BCUT2D eigenvalue weighted by Crippen LogP contribution is 2.31. The molecule has 5 heteroatoms. The van der Waals surface area contributed by atoms with Gasteiger partial charge in [-0.05, 0) is 30.8 Å². The Kier molecular flexibility index (Phi) is 3.17. The fourth-order valence-corrected chi connectivity index (χ4v) is 2.51. The molecule has 0 unspecified atom stereocenters. The number of aryl methyl sites for hydroxylation is 1. The molecule has 0 saturated heterocycles. The lowest BCUT2D eigenvalue weighted by Gasteiger charge is -2.20. The number of hydrogen-bond acceptors (Lipinski definition) is 3. The first-order valence-corrected chi connectivity index (χ1v) is 7.33. The van der Waals surface area contributed by atoms with E-state index in [1.165, 1.54) is 0 Å². The number of hydrogen-bond donors (Lipinski definition) is 2. The summed E-state index contributed by atoms with van der Waals surface area (Å²) in [6.07, 6.45) is 0. The number of pyridine rings is 1. The zero-order valence-electron chi connectivity index (χ0n) is 12.6. The second kappa shape index (κ2) is 4.77. The minimum atomic E-state index is -0.0294. The van der Waals surface area contributed by atoms with Crippen molar-refractivity contribution in [2.45, 2.75) is 33.1 Å². The Morgan fingerprint density at radius 1 is 1.10 bits per heavy atom. The highest BCUT2D eigenvalue weighted by molar-refractivity contribution is 7.71. The summed E-state index contributed by atoms with van der Waals surface area (Å²) in [5, 5.41) is 6.99. The van der Waals surface area contributed by atoms with E-state index in [-0.39, 0.29) is 5.41 Å². The zero-order chi connectivity index (χ0) is 15.2. The lowest BCUT2D eigenvalue weighted by atomic mass is 9.89. The molecule has 0 radical (unpaired) electrons. The van der Waals surface area contributed by atoms with Gasteiger partial charge in [0.25, 0.3) is 0 Å². The fraction of sp³-hybridized carbons (Fsp3) is 0.312. The van der Waals surface area contributed by atoms with Crippen LogP contribution in [0.3, 0.4) is 0 Å². The minimum absolute atomic E-state index is 0.0294. The van der Waals surface area contributed by atoms with Crippen LogP contribution in [-0.4, -0.2) is 20.2 Å². The molecule has 21 heavy (non-hydrogen) atoms. The van der Waals surface area contributed by atoms with Gasteiger partial charge in [0.1, 0.15) is 0 Å². The van der Waals surface area contributed by atoms with Gasteiger partial charge in [-0.25, -0.2) is 0 Å². The van der Waals surface area contributed by atoms with Crippen molar-refractivity contribution in [3.05, 3.63) is 40.3 Å². The molecule has 0 aliphatic carbocycles. The van der Waals surface area contributed by atoms with Crippen molar-refractivity contribution in [3.63, 3.8) is 0 Å². The Hall–Kier alpha value is -2.01. The van der Waals surface area contributed by atoms with Crippen LogP contribution < -0.4 is 0 Å². The van der Waals surface area contributed by atoms with Gasteiger partial charge in [-0.1, -0.05) is 39.0 Å². The van der Waals surface area contributed by atoms with E-state index in [0.29, 0.717) is 4.77 Å². The van der Waals surface area contributed by atoms with Crippen LogP contribution in [0.2, 0.25) is 0 Å². The van der Waals surface area contributed by atoms with Gasteiger partial charge in [0.2, 0.25) is 4.77 Å². The molecule has 0 bridgehead atoms. The molecular weight excluding hydrogens is 280 g/mol. The third kappa shape index (κ3) is 2.49. The van der Waals surface area contributed by atoms with Crippen LogP contribution in [0.15, 0.2) is 24.3 Å². The van der Waals surface area contributed by atoms with Crippen molar-refractivity contribution in [1.29, 1.82) is 0 Å². The molecule has 0 fully saturated rings. The van der Waals surface area contributed by atoms with Gasteiger partial charge in [-0.15, -0.1) is 0 Å². The SMILES string of the molecule is Cc1cccc2c(-c3nc(=S)[nH][nH]3)cc(C(C)(C)C)nc12. The Labute approximate surface area is 128 Å². The van der Waals surface area contributed by atoms with Crippen molar-refractivity contribution in [2.75, 3.05) is 0 Å². The maximum Gasteiger partial charge on any atom is 0.213 e. The topological polar surface area (TPSA) is 57.4 Å². The molecule has 2 heterocycles. The Bertz CT molecular complexity index is 868. The Balaban J connectivity index is 2.41. The number of H-pyrrole nitrogens is 2. The van der Waals surface area contributed by atoms with E-state index in [1.807, 2.05) is 6.07 Å². The van der Waals surface area contributed by atoms with Gasteiger partial charge in [-0.2, -0.15) is 4.98 Å². The fourth-order valence-electron chi connectivity index (χ4n) is 2.37. The average Bonchev–Trinajstić information content (AvgIpc) is 2.83. The molecule has 0 aliphatic rings. The molecule has 0 aliphatic heterocycles. The van der Waals surface area contributed by atoms with E-state index in [9.17, 15) is 0 Å². The summed E-state index contributed by atoms with van der Waals surface area (Å²) in [5.74, 6) is 0.753.